The van der Waals surface area contributed by atoms with E-state index in [4.69, 9.17) is 9.47 Å². The van der Waals surface area contributed by atoms with Crippen molar-refractivity contribution in [3.05, 3.63) is 23.3 Å². The van der Waals surface area contributed by atoms with E-state index in [-0.39, 0.29) is 18.3 Å². The van der Waals surface area contributed by atoms with Gasteiger partial charge in [0.05, 0.1) is 18.6 Å². The van der Waals surface area contributed by atoms with Crippen molar-refractivity contribution in [2.45, 2.75) is 31.6 Å². The van der Waals surface area contributed by atoms with Gasteiger partial charge in [-0.05, 0) is 36.1 Å². The molecule has 1 rings (SSSR count). The normalized spacial score (nSPS) is 11.4. The van der Waals surface area contributed by atoms with Crippen LogP contribution in [-0.4, -0.2) is 48.9 Å². The van der Waals surface area contributed by atoms with E-state index in [0.717, 1.165) is 11.3 Å². The number of benzene rings is 1. The summed E-state index contributed by atoms with van der Waals surface area (Å²) in [4.78, 5) is 0.305. The number of sulfonamides is 1. The smallest absolute Gasteiger partial charge is 0.240 e. The molecule has 0 aromatic heterocycles. The van der Waals surface area contributed by atoms with Crippen molar-refractivity contribution in [1.82, 2.24) is 10.0 Å². The molecule has 0 aliphatic carbocycles. The largest absolute Gasteiger partial charge is 0.496 e. The first-order valence-electron chi connectivity index (χ1n) is 7.71. The van der Waals surface area contributed by atoms with Gasteiger partial charge in [0.1, 0.15) is 5.75 Å². The van der Waals surface area contributed by atoms with Gasteiger partial charge in [-0.1, -0.05) is 13.8 Å². The van der Waals surface area contributed by atoms with Crippen LogP contribution in [0.5, 0.6) is 5.75 Å². The van der Waals surface area contributed by atoms with E-state index in [1.807, 2.05) is 13.8 Å². The summed E-state index contributed by atoms with van der Waals surface area (Å²) in [5.41, 5.74) is 1.56. The van der Waals surface area contributed by atoms with Crippen LogP contribution in [0.2, 0.25) is 0 Å². The van der Waals surface area contributed by atoms with Crippen molar-refractivity contribution in [3.63, 3.8) is 0 Å². The fourth-order valence-electron chi connectivity index (χ4n) is 2.25. The highest BCUT2D eigenvalue weighted by Gasteiger charge is 2.20. The third-order valence-electron chi connectivity index (χ3n) is 3.52. The van der Waals surface area contributed by atoms with E-state index >= 15 is 0 Å². The molecule has 24 heavy (non-hydrogen) atoms. The zero-order valence-electron chi connectivity index (χ0n) is 15.0. The average molecular weight is 381 g/mol. The summed E-state index contributed by atoms with van der Waals surface area (Å²) in [7, 11) is -0.317. The van der Waals surface area contributed by atoms with E-state index in [2.05, 4.69) is 10.0 Å². The lowest BCUT2D eigenvalue weighted by Crippen LogP contribution is -2.33. The zero-order chi connectivity index (χ0) is 17.5. The predicted molar refractivity (Wildman–Crippen MR) is 99.0 cm³/mol. The molecule has 6 nitrogen and oxygen atoms in total. The lowest BCUT2D eigenvalue weighted by atomic mass is 10.0. The Morgan fingerprint density at radius 2 is 1.79 bits per heavy atom. The molecule has 2 N–H and O–H groups in total. The summed E-state index contributed by atoms with van der Waals surface area (Å²) >= 11 is 0. The second kappa shape index (κ2) is 10.9. The van der Waals surface area contributed by atoms with E-state index in [1.165, 1.54) is 0 Å². The minimum Gasteiger partial charge on any atom is -0.496 e. The number of nitrogens with one attached hydrogen (secondary N) is 2. The number of methoxy groups -OCH3 is 2. The molecule has 0 heterocycles. The fraction of sp³-hybridized carbons (Fsp3) is 0.625. The quantitative estimate of drug-likeness (QED) is 0.607. The monoisotopic (exact) mass is 380 g/mol. The van der Waals surface area contributed by atoms with Crippen LogP contribution < -0.4 is 14.8 Å². The van der Waals surface area contributed by atoms with Crippen LogP contribution in [0.1, 0.15) is 30.9 Å². The van der Waals surface area contributed by atoms with Crippen LogP contribution >= 0.6 is 12.4 Å². The fourth-order valence-corrected chi connectivity index (χ4v) is 3.54. The number of aryl methyl sites for hydroxylation is 1. The standard InChI is InChI=1S/C16H28N2O4S.ClH/c1-12(2)14-11-16(13(3)10-15(14)22-5)23(19,20)18-7-6-17-8-9-21-4;/h10-12,17-18H,6-9H2,1-5H3;1H. The number of hydrogen-bond acceptors (Lipinski definition) is 5. The lowest BCUT2D eigenvalue weighted by Gasteiger charge is -2.16. The third kappa shape index (κ3) is 6.57. The number of hydrogen-bond donors (Lipinski definition) is 2. The summed E-state index contributed by atoms with van der Waals surface area (Å²) in [6, 6.07) is 3.49. The zero-order valence-corrected chi connectivity index (χ0v) is 16.6. The van der Waals surface area contributed by atoms with Crippen LogP contribution in [-0.2, 0) is 14.8 Å². The molecule has 0 atom stereocenters. The molecule has 0 amide bonds. The predicted octanol–water partition coefficient (Wildman–Crippen LogP) is 2.06. The summed E-state index contributed by atoms with van der Waals surface area (Å²) in [5.74, 6) is 0.896. The third-order valence-corrected chi connectivity index (χ3v) is 5.12. The molecule has 1 aromatic rings. The van der Waals surface area contributed by atoms with Gasteiger partial charge in [0.15, 0.2) is 0 Å². The molecule has 0 spiro atoms. The molecule has 0 unspecified atom stereocenters. The summed E-state index contributed by atoms with van der Waals surface area (Å²) < 4.78 is 37.9. The molecule has 0 saturated heterocycles. The minimum absolute atomic E-state index is 0. The van der Waals surface area contributed by atoms with Gasteiger partial charge in [0.2, 0.25) is 10.0 Å². The van der Waals surface area contributed by atoms with Gasteiger partial charge in [-0.2, -0.15) is 0 Å². The molecule has 8 heteroatoms. The van der Waals surface area contributed by atoms with Crippen molar-refractivity contribution >= 4 is 22.4 Å². The second-order valence-corrected chi connectivity index (χ2v) is 7.39. The van der Waals surface area contributed by atoms with Crippen molar-refractivity contribution in [3.8, 4) is 5.75 Å². The molecule has 0 fully saturated rings. The van der Waals surface area contributed by atoms with Crippen molar-refractivity contribution < 1.29 is 17.9 Å². The van der Waals surface area contributed by atoms with Gasteiger partial charge in [-0.3, -0.25) is 0 Å². The first kappa shape index (κ1) is 23.1. The molecular formula is C16H29ClN2O4S. The molecule has 0 radical (unpaired) electrons. The Bertz CT molecular complexity index is 606. The highest BCUT2D eigenvalue weighted by Crippen LogP contribution is 2.31. The highest BCUT2D eigenvalue weighted by molar-refractivity contribution is 7.89. The van der Waals surface area contributed by atoms with Gasteiger partial charge in [0, 0.05) is 26.7 Å². The molecule has 140 valence electrons. The molecule has 1 aromatic carbocycles. The Labute approximate surface area is 151 Å². The Balaban J connectivity index is 0.00000529. The minimum atomic E-state index is -3.54. The van der Waals surface area contributed by atoms with Gasteiger partial charge in [-0.15, -0.1) is 12.4 Å². The Kier molecular flexibility index (Phi) is 10.5. The first-order chi connectivity index (χ1) is 10.8. The van der Waals surface area contributed by atoms with E-state index in [0.29, 0.717) is 36.7 Å². The topological polar surface area (TPSA) is 76.7 Å². The van der Waals surface area contributed by atoms with Crippen LogP contribution in [0.4, 0.5) is 0 Å². The van der Waals surface area contributed by atoms with Gasteiger partial charge in [0.25, 0.3) is 0 Å². The maximum absolute atomic E-state index is 12.5. The van der Waals surface area contributed by atoms with E-state index in [1.54, 1.807) is 33.3 Å². The molecule has 0 saturated carbocycles. The van der Waals surface area contributed by atoms with Crippen molar-refractivity contribution in [1.29, 1.82) is 0 Å². The van der Waals surface area contributed by atoms with Crippen molar-refractivity contribution in [2.75, 3.05) is 40.5 Å². The SMILES string of the molecule is COCCNCCNS(=O)(=O)c1cc(C(C)C)c(OC)cc1C.Cl. The molecule has 0 aliphatic heterocycles. The maximum Gasteiger partial charge on any atom is 0.240 e. The number of rotatable bonds is 10. The summed E-state index contributed by atoms with van der Waals surface area (Å²) in [6.07, 6.45) is 0. The van der Waals surface area contributed by atoms with Crippen LogP contribution in [0, 0.1) is 6.92 Å². The van der Waals surface area contributed by atoms with Crippen LogP contribution in [0.25, 0.3) is 0 Å². The summed E-state index contributed by atoms with van der Waals surface area (Å²) in [5, 5.41) is 3.10. The van der Waals surface area contributed by atoms with Gasteiger partial charge < -0.3 is 14.8 Å². The first-order valence-corrected chi connectivity index (χ1v) is 9.19. The van der Waals surface area contributed by atoms with Crippen LogP contribution in [0.3, 0.4) is 0 Å². The Morgan fingerprint density at radius 3 is 2.33 bits per heavy atom. The number of halogens is 1. The molecule has 0 aliphatic rings. The molecule has 0 bridgehead atoms. The van der Waals surface area contributed by atoms with E-state index < -0.39 is 10.0 Å². The summed E-state index contributed by atoms with van der Waals surface area (Å²) in [6.45, 7) is 7.97. The molecular weight excluding hydrogens is 352 g/mol. The second-order valence-electron chi connectivity index (χ2n) is 5.65. The average Bonchev–Trinajstić information content (AvgIpc) is 2.49. The lowest BCUT2D eigenvalue weighted by molar-refractivity contribution is 0.199. The number of ether oxygens (including phenoxy) is 2. The Morgan fingerprint density at radius 1 is 1.12 bits per heavy atom. The van der Waals surface area contributed by atoms with E-state index in [9.17, 15) is 8.42 Å². The highest BCUT2D eigenvalue weighted by atomic mass is 35.5. The Hall–Kier alpha value is -0.860. The van der Waals surface area contributed by atoms with Gasteiger partial charge >= 0.3 is 0 Å². The van der Waals surface area contributed by atoms with Gasteiger partial charge in [-0.25, -0.2) is 13.1 Å². The maximum atomic E-state index is 12.5. The van der Waals surface area contributed by atoms with Crippen molar-refractivity contribution in [2.24, 2.45) is 0 Å². The van der Waals surface area contributed by atoms with Crippen LogP contribution in [0.15, 0.2) is 17.0 Å².